The first-order valence-corrected chi connectivity index (χ1v) is 8.57. The van der Waals surface area contributed by atoms with Crippen molar-refractivity contribution in [2.75, 3.05) is 26.7 Å². The monoisotopic (exact) mass is 499 g/mol. The van der Waals surface area contributed by atoms with Crippen LogP contribution < -0.4 is 10.6 Å². The topological polar surface area (TPSA) is 44.6 Å². The van der Waals surface area contributed by atoms with Gasteiger partial charge in [0.05, 0.1) is 13.1 Å². The van der Waals surface area contributed by atoms with Crippen LogP contribution in [0.3, 0.4) is 0 Å². The van der Waals surface area contributed by atoms with Gasteiger partial charge in [0.1, 0.15) is 0 Å². The Bertz CT molecular complexity index is 493. The molecule has 1 aromatic rings. The summed E-state index contributed by atoms with van der Waals surface area (Å²) in [4.78, 5) is 6.85. The van der Waals surface area contributed by atoms with Crippen molar-refractivity contribution in [3.8, 4) is 0 Å². The lowest BCUT2D eigenvalue weighted by molar-refractivity contribution is 0.429. The molecule has 134 valence electrons. The molecule has 0 unspecified atom stereocenters. The van der Waals surface area contributed by atoms with Gasteiger partial charge < -0.3 is 20.1 Å². The molecule has 7 heteroatoms. The molecule has 0 fully saturated rings. The zero-order valence-electron chi connectivity index (χ0n) is 15.1. The Morgan fingerprint density at radius 1 is 1.39 bits per heavy atom. The number of guanidine groups is 1. The summed E-state index contributed by atoms with van der Waals surface area (Å²) in [5, 5.41) is 6.81. The summed E-state index contributed by atoms with van der Waals surface area (Å²) in [6, 6.07) is 2.14. The molecule has 0 radical (unpaired) electrons. The molecular formula is C16H31BrIN5. The summed E-state index contributed by atoms with van der Waals surface area (Å²) in [6.45, 7) is 11.9. The van der Waals surface area contributed by atoms with Gasteiger partial charge in [0.15, 0.2) is 5.96 Å². The molecule has 0 aliphatic heterocycles. The van der Waals surface area contributed by atoms with E-state index < -0.39 is 0 Å². The SMILES string of the molecule is CCNC(=NCCNC(C)(C)C)N(C)Cc1cc(Br)cn1C.I. The van der Waals surface area contributed by atoms with Gasteiger partial charge in [-0.3, -0.25) is 4.99 Å². The Kier molecular flexibility index (Phi) is 10.4. The second kappa shape index (κ2) is 10.6. The predicted molar refractivity (Wildman–Crippen MR) is 114 cm³/mol. The highest BCUT2D eigenvalue weighted by Crippen LogP contribution is 2.14. The van der Waals surface area contributed by atoms with Crippen LogP contribution in [0, 0.1) is 0 Å². The Balaban J connectivity index is 0.00000484. The third kappa shape index (κ3) is 8.95. The second-order valence-corrected chi connectivity index (χ2v) is 7.44. The third-order valence-corrected chi connectivity index (χ3v) is 3.63. The van der Waals surface area contributed by atoms with E-state index in [9.17, 15) is 0 Å². The van der Waals surface area contributed by atoms with E-state index in [4.69, 9.17) is 4.99 Å². The molecule has 23 heavy (non-hydrogen) atoms. The van der Waals surface area contributed by atoms with Crippen LogP contribution >= 0.6 is 39.9 Å². The maximum absolute atomic E-state index is 4.70. The molecule has 1 aromatic heterocycles. The Labute approximate surface area is 166 Å². The molecule has 0 aromatic carbocycles. The van der Waals surface area contributed by atoms with Crippen LogP contribution in [-0.4, -0.2) is 47.6 Å². The number of nitrogens with zero attached hydrogens (tertiary/aromatic N) is 3. The molecule has 0 amide bonds. The summed E-state index contributed by atoms with van der Waals surface area (Å²) >= 11 is 3.52. The van der Waals surface area contributed by atoms with Crippen LogP contribution in [0.4, 0.5) is 0 Å². The fraction of sp³-hybridized carbons (Fsp3) is 0.688. The zero-order chi connectivity index (χ0) is 16.8. The van der Waals surface area contributed by atoms with E-state index in [1.165, 1.54) is 5.69 Å². The van der Waals surface area contributed by atoms with Crippen LogP contribution in [0.25, 0.3) is 0 Å². The van der Waals surface area contributed by atoms with Gasteiger partial charge in [-0.05, 0) is 49.7 Å². The molecule has 2 N–H and O–H groups in total. The first kappa shape index (κ1) is 22.7. The largest absolute Gasteiger partial charge is 0.357 e. The number of aliphatic imine (C=N–C) groups is 1. The van der Waals surface area contributed by atoms with Gasteiger partial charge in [0, 0.05) is 49.1 Å². The predicted octanol–water partition coefficient (Wildman–Crippen LogP) is 3.19. The van der Waals surface area contributed by atoms with E-state index in [-0.39, 0.29) is 29.5 Å². The van der Waals surface area contributed by atoms with Crippen molar-refractivity contribution in [1.29, 1.82) is 0 Å². The molecule has 1 heterocycles. The Hall–Kier alpha value is -0.280. The molecule has 0 aliphatic rings. The first-order valence-electron chi connectivity index (χ1n) is 7.78. The van der Waals surface area contributed by atoms with E-state index in [1.54, 1.807) is 0 Å². The normalized spacial score (nSPS) is 12.0. The van der Waals surface area contributed by atoms with Gasteiger partial charge in [-0.2, -0.15) is 0 Å². The van der Waals surface area contributed by atoms with E-state index >= 15 is 0 Å². The number of aryl methyl sites for hydroxylation is 1. The fourth-order valence-corrected chi connectivity index (χ4v) is 2.67. The smallest absolute Gasteiger partial charge is 0.194 e. The average Bonchev–Trinajstić information content (AvgIpc) is 2.70. The molecule has 0 atom stereocenters. The highest BCUT2D eigenvalue weighted by atomic mass is 127. The Morgan fingerprint density at radius 2 is 2.04 bits per heavy atom. The van der Waals surface area contributed by atoms with E-state index in [0.717, 1.165) is 36.6 Å². The van der Waals surface area contributed by atoms with Crippen molar-refractivity contribution >= 4 is 45.9 Å². The third-order valence-electron chi connectivity index (χ3n) is 3.20. The number of rotatable bonds is 6. The molecule has 0 spiro atoms. The van der Waals surface area contributed by atoms with Crippen LogP contribution in [0.15, 0.2) is 21.7 Å². The van der Waals surface area contributed by atoms with E-state index in [1.807, 2.05) is 0 Å². The van der Waals surface area contributed by atoms with Gasteiger partial charge >= 0.3 is 0 Å². The lowest BCUT2D eigenvalue weighted by Gasteiger charge is -2.23. The van der Waals surface area contributed by atoms with Gasteiger partial charge in [0.2, 0.25) is 0 Å². The molecule has 5 nitrogen and oxygen atoms in total. The number of hydrogen-bond donors (Lipinski definition) is 2. The molecule has 0 aliphatic carbocycles. The lowest BCUT2D eigenvalue weighted by atomic mass is 10.1. The summed E-state index contributed by atoms with van der Waals surface area (Å²) < 4.78 is 3.24. The minimum Gasteiger partial charge on any atom is -0.357 e. The number of aromatic nitrogens is 1. The maximum atomic E-state index is 4.70. The summed E-state index contributed by atoms with van der Waals surface area (Å²) in [7, 11) is 4.13. The molecule has 1 rings (SSSR count). The quantitative estimate of drug-likeness (QED) is 0.273. The second-order valence-electron chi connectivity index (χ2n) is 6.53. The maximum Gasteiger partial charge on any atom is 0.194 e. The van der Waals surface area contributed by atoms with Crippen molar-refractivity contribution in [3.05, 3.63) is 22.4 Å². The molecule has 0 bridgehead atoms. The highest BCUT2D eigenvalue weighted by molar-refractivity contribution is 14.0. The van der Waals surface area contributed by atoms with Crippen molar-refractivity contribution in [2.24, 2.45) is 12.0 Å². The summed E-state index contributed by atoms with van der Waals surface area (Å²) in [6.07, 6.45) is 2.07. The summed E-state index contributed by atoms with van der Waals surface area (Å²) in [5.74, 6) is 0.940. The highest BCUT2D eigenvalue weighted by Gasteiger charge is 2.10. The van der Waals surface area contributed by atoms with Crippen molar-refractivity contribution in [3.63, 3.8) is 0 Å². The van der Waals surface area contributed by atoms with Gasteiger partial charge in [0.25, 0.3) is 0 Å². The van der Waals surface area contributed by atoms with Crippen molar-refractivity contribution < 1.29 is 0 Å². The lowest BCUT2D eigenvalue weighted by Crippen LogP contribution is -2.40. The van der Waals surface area contributed by atoms with Crippen LogP contribution in [-0.2, 0) is 13.6 Å². The van der Waals surface area contributed by atoms with Crippen LogP contribution in [0.1, 0.15) is 33.4 Å². The van der Waals surface area contributed by atoms with Crippen LogP contribution in [0.5, 0.6) is 0 Å². The van der Waals surface area contributed by atoms with E-state index in [0.29, 0.717) is 0 Å². The zero-order valence-corrected chi connectivity index (χ0v) is 19.0. The standard InChI is InChI=1S/C16H30BrN5.HI/c1-7-18-15(19-8-9-20-16(2,3)4)22(6)12-14-10-13(17)11-21(14)5;/h10-11,20H,7-9,12H2,1-6H3,(H,18,19);1H. The summed E-state index contributed by atoms with van der Waals surface area (Å²) in [5.41, 5.74) is 1.38. The fourth-order valence-electron chi connectivity index (χ4n) is 2.10. The number of halogens is 2. The minimum absolute atomic E-state index is 0. The number of nitrogens with one attached hydrogen (secondary N) is 2. The number of hydrogen-bond acceptors (Lipinski definition) is 2. The first-order chi connectivity index (χ1) is 10.2. The Morgan fingerprint density at radius 3 is 2.52 bits per heavy atom. The minimum atomic E-state index is 0. The van der Waals surface area contributed by atoms with Crippen molar-refractivity contribution in [2.45, 2.75) is 39.8 Å². The van der Waals surface area contributed by atoms with Crippen molar-refractivity contribution in [1.82, 2.24) is 20.1 Å². The van der Waals surface area contributed by atoms with E-state index in [2.05, 4.69) is 90.1 Å². The molecular weight excluding hydrogens is 469 g/mol. The van der Waals surface area contributed by atoms with Gasteiger partial charge in [-0.1, -0.05) is 0 Å². The molecule has 0 saturated heterocycles. The average molecular weight is 500 g/mol. The van der Waals surface area contributed by atoms with Gasteiger partial charge in [-0.25, -0.2) is 0 Å². The molecule has 0 saturated carbocycles. The van der Waals surface area contributed by atoms with Crippen LogP contribution in [0.2, 0.25) is 0 Å². The van der Waals surface area contributed by atoms with Gasteiger partial charge in [-0.15, -0.1) is 24.0 Å².